The molecule has 0 saturated carbocycles. The minimum atomic E-state index is -3.88. The fourth-order valence-corrected chi connectivity index (χ4v) is 3.40. The van der Waals surface area contributed by atoms with E-state index < -0.39 is 28.1 Å². The fourth-order valence-electron chi connectivity index (χ4n) is 1.54. The predicted octanol–water partition coefficient (Wildman–Crippen LogP) is 2.21. The lowest BCUT2D eigenvalue weighted by atomic mass is 10.1. The van der Waals surface area contributed by atoms with E-state index in [2.05, 4.69) is 0 Å². The average Bonchev–Trinajstić information content (AvgIpc) is 2.24. The normalized spacial score (nSPS) is 12.7. The fraction of sp³-hybridized carbons (Fsp3) is 0.417. The summed E-state index contributed by atoms with van der Waals surface area (Å²) in [5.74, 6) is -1.20. The molecule has 0 unspecified atom stereocenters. The number of carboxylic acid groups (broad SMARTS) is 1. The molecule has 5 nitrogen and oxygen atoms in total. The molecule has 1 rings (SSSR count). The Balaban J connectivity index is 3.27. The van der Waals surface area contributed by atoms with Crippen LogP contribution in [-0.4, -0.2) is 35.9 Å². The molecule has 0 atom stereocenters. The molecule has 0 bridgehead atoms. The highest BCUT2D eigenvalue weighted by Gasteiger charge is 2.35. The Bertz CT molecular complexity index is 560. The summed E-state index contributed by atoms with van der Waals surface area (Å²) in [4.78, 5) is 10.9. The molecule has 0 aromatic heterocycles. The maximum absolute atomic E-state index is 12.4. The minimum absolute atomic E-state index is 0.0214. The second-order valence-corrected chi connectivity index (χ2v) is 7.33. The zero-order valence-electron chi connectivity index (χ0n) is 10.9. The summed E-state index contributed by atoms with van der Waals surface area (Å²) in [6.45, 7) is 4.34. The van der Waals surface area contributed by atoms with Gasteiger partial charge in [0.25, 0.3) is 0 Å². The first-order valence-corrected chi connectivity index (χ1v) is 7.37. The molecule has 7 heteroatoms. The van der Waals surface area contributed by atoms with Gasteiger partial charge in [-0.2, -0.15) is 4.31 Å². The minimum Gasteiger partial charge on any atom is -0.480 e. The van der Waals surface area contributed by atoms with Crippen LogP contribution in [0.15, 0.2) is 29.2 Å². The molecule has 0 radical (unpaired) electrons. The van der Waals surface area contributed by atoms with Crippen LogP contribution in [0, 0.1) is 0 Å². The number of hydrogen-bond donors (Lipinski definition) is 1. The van der Waals surface area contributed by atoms with Crippen LogP contribution in [0.4, 0.5) is 0 Å². The third-order valence-corrected chi connectivity index (χ3v) is 4.81. The highest BCUT2D eigenvalue weighted by Crippen LogP contribution is 2.25. The Labute approximate surface area is 117 Å². The summed E-state index contributed by atoms with van der Waals surface area (Å²) in [6, 6.07) is 5.63. The highest BCUT2D eigenvalue weighted by atomic mass is 35.5. The number of carboxylic acids is 1. The number of sulfonamides is 1. The van der Waals surface area contributed by atoms with E-state index in [1.165, 1.54) is 24.3 Å². The molecule has 0 fully saturated rings. The Hall–Kier alpha value is -1.11. The maximum Gasteiger partial charge on any atom is 0.318 e. The Morgan fingerprint density at radius 2 is 1.74 bits per heavy atom. The molecule has 0 saturated heterocycles. The van der Waals surface area contributed by atoms with Crippen LogP contribution in [0.2, 0.25) is 5.02 Å². The predicted molar refractivity (Wildman–Crippen MR) is 72.7 cm³/mol. The Kier molecular flexibility index (Phi) is 4.60. The van der Waals surface area contributed by atoms with Gasteiger partial charge < -0.3 is 5.11 Å². The monoisotopic (exact) mass is 305 g/mol. The second kappa shape index (κ2) is 5.48. The third kappa shape index (κ3) is 3.92. The molecule has 1 aromatic carbocycles. The van der Waals surface area contributed by atoms with E-state index in [0.29, 0.717) is 5.02 Å². The van der Waals surface area contributed by atoms with Crippen molar-refractivity contribution in [3.8, 4) is 0 Å². The van der Waals surface area contributed by atoms with Crippen molar-refractivity contribution in [2.75, 3.05) is 6.54 Å². The van der Waals surface area contributed by atoms with E-state index in [9.17, 15) is 13.2 Å². The number of hydrogen-bond acceptors (Lipinski definition) is 3. The van der Waals surface area contributed by atoms with Gasteiger partial charge in [-0.25, -0.2) is 8.42 Å². The standard InChI is InChI=1S/C12H16ClNO4S/c1-12(2,3)14(8-11(15)16)19(17,18)10-6-4-9(13)5-7-10/h4-7H,8H2,1-3H3,(H,15,16). The van der Waals surface area contributed by atoms with Gasteiger partial charge in [-0.1, -0.05) is 11.6 Å². The van der Waals surface area contributed by atoms with Crippen molar-refractivity contribution >= 4 is 27.6 Å². The quantitative estimate of drug-likeness (QED) is 0.925. The van der Waals surface area contributed by atoms with Gasteiger partial charge in [-0.15, -0.1) is 0 Å². The first kappa shape index (κ1) is 15.9. The van der Waals surface area contributed by atoms with Gasteiger partial charge in [-0.05, 0) is 45.0 Å². The molecule has 0 amide bonds. The molecule has 0 aliphatic carbocycles. The Morgan fingerprint density at radius 3 is 2.11 bits per heavy atom. The van der Waals surface area contributed by atoms with E-state index in [0.717, 1.165) is 4.31 Å². The van der Waals surface area contributed by atoms with Gasteiger partial charge in [0, 0.05) is 10.6 Å². The Morgan fingerprint density at radius 1 is 1.26 bits per heavy atom. The molecule has 19 heavy (non-hydrogen) atoms. The number of nitrogens with zero attached hydrogens (tertiary/aromatic N) is 1. The molecule has 0 aliphatic rings. The molecule has 106 valence electrons. The van der Waals surface area contributed by atoms with Crippen molar-refractivity contribution in [3.63, 3.8) is 0 Å². The lowest BCUT2D eigenvalue weighted by Crippen LogP contribution is -2.48. The van der Waals surface area contributed by atoms with Crippen LogP contribution in [0.25, 0.3) is 0 Å². The van der Waals surface area contributed by atoms with Gasteiger partial charge in [0.05, 0.1) is 4.90 Å². The van der Waals surface area contributed by atoms with Crippen molar-refractivity contribution in [2.24, 2.45) is 0 Å². The van der Waals surface area contributed by atoms with Crippen LogP contribution in [0.1, 0.15) is 20.8 Å². The number of aliphatic carboxylic acids is 1. The SMILES string of the molecule is CC(C)(C)N(CC(=O)O)S(=O)(=O)c1ccc(Cl)cc1. The van der Waals surface area contributed by atoms with Gasteiger partial charge in [0.15, 0.2) is 0 Å². The summed E-state index contributed by atoms with van der Waals surface area (Å²) in [6.07, 6.45) is 0. The molecule has 1 aromatic rings. The largest absolute Gasteiger partial charge is 0.480 e. The van der Waals surface area contributed by atoms with Crippen LogP contribution in [0.5, 0.6) is 0 Å². The summed E-state index contributed by atoms with van der Waals surface area (Å²) >= 11 is 5.71. The third-order valence-electron chi connectivity index (χ3n) is 2.43. The summed E-state index contributed by atoms with van der Waals surface area (Å²) in [5, 5.41) is 9.29. The lowest BCUT2D eigenvalue weighted by Gasteiger charge is -2.33. The molecular formula is C12H16ClNO4S. The van der Waals surface area contributed by atoms with Gasteiger partial charge in [0.2, 0.25) is 10.0 Å². The maximum atomic E-state index is 12.4. The van der Waals surface area contributed by atoms with Gasteiger partial charge >= 0.3 is 5.97 Å². The lowest BCUT2D eigenvalue weighted by molar-refractivity contribution is -0.138. The van der Waals surface area contributed by atoms with E-state index in [4.69, 9.17) is 16.7 Å². The molecular weight excluding hydrogens is 290 g/mol. The van der Waals surface area contributed by atoms with Crippen molar-refractivity contribution in [2.45, 2.75) is 31.2 Å². The van der Waals surface area contributed by atoms with E-state index in [-0.39, 0.29) is 4.90 Å². The second-order valence-electron chi connectivity index (χ2n) is 5.03. The zero-order chi connectivity index (χ0) is 14.8. The van der Waals surface area contributed by atoms with Crippen LogP contribution >= 0.6 is 11.6 Å². The van der Waals surface area contributed by atoms with Crippen LogP contribution < -0.4 is 0 Å². The zero-order valence-corrected chi connectivity index (χ0v) is 12.5. The molecule has 0 heterocycles. The molecule has 0 spiro atoms. The summed E-state index contributed by atoms with van der Waals surface area (Å²) < 4.78 is 25.8. The highest BCUT2D eigenvalue weighted by molar-refractivity contribution is 7.89. The van der Waals surface area contributed by atoms with E-state index >= 15 is 0 Å². The van der Waals surface area contributed by atoms with Crippen molar-refractivity contribution in [1.29, 1.82) is 0 Å². The van der Waals surface area contributed by atoms with Gasteiger partial charge in [0.1, 0.15) is 6.54 Å². The number of carbonyl (C=O) groups is 1. The molecule has 1 N–H and O–H groups in total. The van der Waals surface area contributed by atoms with Crippen LogP contribution in [0.3, 0.4) is 0 Å². The topological polar surface area (TPSA) is 74.7 Å². The number of benzene rings is 1. The summed E-state index contributed by atoms with van der Waals surface area (Å²) in [7, 11) is -3.88. The van der Waals surface area contributed by atoms with Crippen molar-refractivity contribution in [1.82, 2.24) is 4.31 Å². The van der Waals surface area contributed by atoms with E-state index in [1.807, 2.05) is 0 Å². The number of halogens is 1. The van der Waals surface area contributed by atoms with Crippen molar-refractivity contribution < 1.29 is 18.3 Å². The molecule has 0 aliphatic heterocycles. The number of rotatable bonds is 4. The van der Waals surface area contributed by atoms with Gasteiger partial charge in [-0.3, -0.25) is 4.79 Å². The average molecular weight is 306 g/mol. The first-order chi connectivity index (χ1) is 8.55. The van der Waals surface area contributed by atoms with Crippen molar-refractivity contribution in [3.05, 3.63) is 29.3 Å². The van der Waals surface area contributed by atoms with E-state index in [1.54, 1.807) is 20.8 Å². The first-order valence-electron chi connectivity index (χ1n) is 5.55. The smallest absolute Gasteiger partial charge is 0.318 e. The summed E-state index contributed by atoms with van der Waals surface area (Å²) in [5.41, 5.74) is -0.836. The van der Waals surface area contributed by atoms with Crippen LogP contribution in [-0.2, 0) is 14.8 Å².